The second-order valence-corrected chi connectivity index (χ2v) is 11.6. The zero-order chi connectivity index (χ0) is 28.8. The quantitative estimate of drug-likeness (QED) is 0.0781. The van der Waals surface area contributed by atoms with Gasteiger partial charge >= 0.3 is 5.97 Å². The van der Waals surface area contributed by atoms with E-state index < -0.39 is 22.7 Å². The zero-order valence-electron chi connectivity index (χ0n) is 23.3. The van der Waals surface area contributed by atoms with Gasteiger partial charge in [-0.15, -0.1) is 11.3 Å². The fraction of sp³-hybridized carbons (Fsp3) is 0.250. The summed E-state index contributed by atoms with van der Waals surface area (Å²) in [5.41, 5.74) is 0.500. The van der Waals surface area contributed by atoms with Gasteiger partial charge in [0.25, 0.3) is 0 Å². The first kappa shape index (κ1) is 28.7. The number of nitrogens with zero attached hydrogens (tertiary/aromatic N) is 2. The summed E-state index contributed by atoms with van der Waals surface area (Å²) in [5.74, 6) is -0.590. The minimum Gasteiger partial charge on any atom is -0.457 e. The lowest BCUT2D eigenvalue weighted by molar-refractivity contribution is -0.179. The number of aromatic nitrogens is 1. The van der Waals surface area contributed by atoms with Gasteiger partial charge in [0.2, 0.25) is 5.60 Å². The summed E-state index contributed by atoms with van der Waals surface area (Å²) in [6.45, 7) is 8.38. The number of thiazole rings is 1. The molecule has 206 valence electrons. The van der Waals surface area contributed by atoms with Crippen LogP contribution in [0.1, 0.15) is 57.0 Å². The Bertz CT molecular complexity index is 1360. The van der Waals surface area contributed by atoms with Crippen LogP contribution in [0.3, 0.4) is 0 Å². The van der Waals surface area contributed by atoms with Crippen molar-refractivity contribution >= 4 is 34.4 Å². The first-order chi connectivity index (χ1) is 19.0. The molecule has 0 aliphatic carbocycles. The first-order valence-electron chi connectivity index (χ1n) is 12.9. The van der Waals surface area contributed by atoms with Crippen LogP contribution < -0.4 is 5.32 Å². The molecule has 7 nitrogen and oxygen atoms in total. The Morgan fingerprint density at radius 2 is 1.30 bits per heavy atom. The van der Waals surface area contributed by atoms with Crippen LogP contribution in [0.25, 0.3) is 0 Å². The summed E-state index contributed by atoms with van der Waals surface area (Å²) < 4.78 is 5.41. The lowest BCUT2D eigenvalue weighted by Crippen LogP contribution is -2.40. The Balaban J connectivity index is 1.71. The average Bonchev–Trinajstić information content (AvgIpc) is 3.40. The standard InChI is InChI=1S/C32H33N3O4S/c1-30(2,3)38-28(37)31(4,5)39-35-26(21-36)27-22-40-29(33-27)34-32(23-15-9-6-10-16-23,24-17-11-7-12-18-24)25-19-13-8-14-20-25/h6-22H,1-5H3,(H,33,34)/b35-26+. The van der Waals surface area contributed by atoms with Crippen LogP contribution >= 0.6 is 11.3 Å². The number of esters is 1. The van der Waals surface area contributed by atoms with Crippen molar-refractivity contribution in [1.82, 2.24) is 4.98 Å². The van der Waals surface area contributed by atoms with Gasteiger partial charge in [0.1, 0.15) is 16.8 Å². The molecule has 0 radical (unpaired) electrons. The van der Waals surface area contributed by atoms with Crippen molar-refractivity contribution in [3.8, 4) is 0 Å². The minimum absolute atomic E-state index is 0.0364. The molecule has 1 heterocycles. The van der Waals surface area contributed by atoms with Crippen molar-refractivity contribution in [2.75, 3.05) is 5.32 Å². The van der Waals surface area contributed by atoms with Crippen LogP contribution in [0, 0.1) is 0 Å². The van der Waals surface area contributed by atoms with Gasteiger partial charge in [-0.2, -0.15) is 0 Å². The van der Waals surface area contributed by atoms with Crippen molar-refractivity contribution in [2.24, 2.45) is 5.16 Å². The molecule has 3 aromatic carbocycles. The second-order valence-electron chi connectivity index (χ2n) is 10.7. The normalized spacial score (nSPS) is 12.5. The monoisotopic (exact) mass is 555 g/mol. The van der Waals surface area contributed by atoms with Gasteiger partial charge in [-0.25, -0.2) is 9.78 Å². The average molecular weight is 556 g/mol. The molecule has 0 spiro atoms. The Morgan fingerprint density at radius 1 is 0.825 bits per heavy atom. The Morgan fingerprint density at radius 3 is 1.73 bits per heavy atom. The van der Waals surface area contributed by atoms with E-state index in [1.165, 1.54) is 25.2 Å². The predicted molar refractivity (Wildman–Crippen MR) is 159 cm³/mol. The largest absolute Gasteiger partial charge is 0.457 e. The third kappa shape index (κ3) is 6.46. The molecule has 1 aromatic heterocycles. The Labute approximate surface area is 238 Å². The molecule has 8 heteroatoms. The number of nitrogens with one attached hydrogen (secondary N) is 1. The Hall–Kier alpha value is -4.30. The fourth-order valence-corrected chi connectivity index (χ4v) is 4.88. The summed E-state index contributed by atoms with van der Waals surface area (Å²) >= 11 is 1.34. The maximum absolute atomic E-state index is 12.6. The molecule has 40 heavy (non-hydrogen) atoms. The van der Waals surface area contributed by atoms with Crippen molar-refractivity contribution in [3.05, 3.63) is 119 Å². The molecule has 0 saturated carbocycles. The molecule has 0 aliphatic heterocycles. The number of benzene rings is 3. The molecule has 0 atom stereocenters. The summed E-state index contributed by atoms with van der Waals surface area (Å²) in [4.78, 5) is 34.7. The highest BCUT2D eigenvalue weighted by atomic mass is 32.1. The molecular weight excluding hydrogens is 522 g/mol. The van der Waals surface area contributed by atoms with E-state index in [2.05, 4.69) is 46.9 Å². The maximum atomic E-state index is 12.6. The van der Waals surface area contributed by atoms with E-state index in [1.54, 1.807) is 26.2 Å². The molecule has 0 fully saturated rings. The molecule has 0 unspecified atom stereocenters. The lowest BCUT2D eigenvalue weighted by atomic mass is 9.77. The number of ether oxygens (including phenoxy) is 1. The third-order valence-electron chi connectivity index (χ3n) is 6.06. The van der Waals surface area contributed by atoms with Gasteiger partial charge in [0.05, 0.1) is 0 Å². The van der Waals surface area contributed by atoms with Gasteiger partial charge in [0.15, 0.2) is 17.1 Å². The van der Waals surface area contributed by atoms with E-state index in [9.17, 15) is 9.59 Å². The van der Waals surface area contributed by atoms with Gasteiger partial charge in [-0.1, -0.05) is 96.2 Å². The topological polar surface area (TPSA) is 89.9 Å². The number of anilines is 1. The smallest absolute Gasteiger partial charge is 0.353 e. The van der Waals surface area contributed by atoms with Crippen LogP contribution in [0.2, 0.25) is 0 Å². The predicted octanol–water partition coefficient (Wildman–Crippen LogP) is 6.59. The molecular formula is C32H33N3O4S. The summed E-state index contributed by atoms with van der Waals surface area (Å²) in [6.07, 6.45) is 0.558. The number of hydrogen-bond acceptors (Lipinski definition) is 8. The van der Waals surface area contributed by atoms with Crippen LogP contribution in [0.4, 0.5) is 5.13 Å². The van der Waals surface area contributed by atoms with E-state index in [1.807, 2.05) is 54.6 Å². The van der Waals surface area contributed by atoms with Crippen molar-refractivity contribution in [2.45, 2.75) is 51.4 Å². The molecule has 0 saturated heterocycles. The number of carbonyl (C=O) groups is 2. The van der Waals surface area contributed by atoms with Crippen LogP contribution in [0.5, 0.6) is 0 Å². The van der Waals surface area contributed by atoms with Crippen molar-refractivity contribution in [3.63, 3.8) is 0 Å². The van der Waals surface area contributed by atoms with Crippen LogP contribution in [-0.2, 0) is 24.7 Å². The molecule has 0 bridgehead atoms. The molecule has 4 aromatic rings. The number of aldehydes is 1. The third-order valence-corrected chi connectivity index (χ3v) is 6.81. The van der Waals surface area contributed by atoms with Crippen LogP contribution in [-0.4, -0.2) is 34.2 Å². The molecule has 4 rings (SSSR count). The first-order valence-corrected chi connectivity index (χ1v) is 13.8. The fourth-order valence-electron chi connectivity index (χ4n) is 4.12. The number of rotatable bonds is 10. The number of oxime groups is 1. The number of hydrogen-bond donors (Lipinski definition) is 1. The van der Waals surface area contributed by atoms with E-state index in [0.717, 1.165) is 16.7 Å². The molecule has 1 N–H and O–H groups in total. The summed E-state index contributed by atoms with van der Waals surface area (Å²) in [6, 6.07) is 30.4. The van der Waals surface area contributed by atoms with E-state index >= 15 is 0 Å². The van der Waals surface area contributed by atoms with Gasteiger partial charge in [-0.3, -0.25) is 4.79 Å². The zero-order valence-corrected chi connectivity index (χ0v) is 24.1. The van der Waals surface area contributed by atoms with Gasteiger partial charge < -0.3 is 14.9 Å². The molecule has 0 aliphatic rings. The molecule has 0 amide bonds. The van der Waals surface area contributed by atoms with E-state index in [0.29, 0.717) is 17.1 Å². The SMILES string of the molecule is CC(C)(C)OC(=O)C(C)(C)O/N=C(\C=O)c1csc(NC(c2ccccc2)(c2ccccc2)c2ccccc2)n1. The highest BCUT2D eigenvalue weighted by Gasteiger charge is 2.38. The summed E-state index contributed by atoms with van der Waals surface area (Å²) in [5, 5.41) is 9.97. The summed E-state index contributed by atoms with van der Waals surface area (Å²) in [7, 11) is 0. The van der Waals surface area contributed by atoms with Gasteiger partial charge in [-0.05, 0) is 51.3 Å². The van der Waals surface area contributed by atoms with Crippen molar-refractivity contribution < 1.29 is 19.2 Å². The lowest BCUT2D eigenvalue weighted by Gasteiger charge is -2.36. The second kappa shape index (κ2) is 11.8. The van der Waals surface area contributed by atoms with E-state index in [4.69, 9.17) is 14.6 Å². The van der Waals surface area contributed by atoms with Gasteiger partial charge in [0, 0.05) is 5.38 Å². The van der Waals surface area contributed by atoms with Crippen molar-refractivity contribution in [1.29, 1.82) is 0 Å². The highest BCUT2D eigenvalue weighted by molar-refractivity contribution is 7.14. The highest BCUT2D eigenvalue weighted by Crippen LogP contribution is 2.40. The van der Waals surface area contributed by atoms with E-state index in [-0.39, 0.29) is 5.71 Å². The number of carbonyl (C=O) groups excluding carboxylic acids is 2. The minimum atomic E-state index is -1.40. The van der Waals surface area contributed by atoms with Crippen LogP contribution in [0.15, 0.2) is 102 Å². The maximum Gasteiger partial charge on any atom is 0.353 e. The Kier molecular flexibility index (Phi) is 8.49.